The molecule has 7 nitrogen and oxygen atoms in total. The molecule has 0 atom stereocenters. The molecule has 25 heavy (non-hydrogen) atoms. The first-order valence-electron chi connectivity index (χ1n) is 7.66. The number of rotatable bonds is 5. The van der Waals surface area contributed by atoms with Crippen LogP contribution in [0.4, 0.5) is 5.69 Å². The summed E-state index contributed by atoms with van der Waals surface area (Å²) >= 11 is 3.17. The second-order valence-corrected chi connectivity index (χ2v) is 6.41. The van der Waals surface area contributed by atoms with Crippen LogP contribution in [0.15, 0.2) is 60.8 Å². The number of nitrogens with zero attached hydrogens (tertiary/aromatic N) is 3. The first-order valence-corrected chi connectivity index (χ1v) is 8.46. The monoisotopic (exact) mass is 405 g/mol. The highest BCUT2D eigenvalue weighted by Gasteiger charge is 2.22. The summed E-state index contributed by atoms with van der Waals surface area (Å²) in [6.45, 7) is 3.59. The average Bonchev–Trinajstić information content (AvgIpc) is 3.15. The third kappa shape index (κ3) is 3.74. The summed E-state index contributed by atoms with van der Waals surface area (Å²) in [7, 11) is 0. The molecule has 0 unspecified atom stereocenters. The van der Waals surface area contributed by atoms with Crippen molar-refractivity contribution in [3.8, 4) is 11.7 Å². The van der Waals surface area contributed by atoms with E-state index in [1.807, 2.05) is 44.2 Å². The Balaban J connectivity index is 1.85. The zero-order valence-corrected chi connectivity index (χ0v) is 15.3. The zero-order chi connectivity index (χ0) is 18.0. The highest BCUT2D eigenvalue weighted by atomic mass is 79.9. The van der Waals surface area contributed by atoms with Gasteiger partial charge in [0, 0.05) is 11.7 Å². The predicted molar refractivity (Wildman–Crippen MR) is 95.2 cm³/mol. The molecular formula is C17H16BrN3O4. The van der Waals surface area contributed by atoms with Crippen molar-refractivity contribution in [1.29, 1.82) is 0 Å². The number of furan rings is 1. The van der Waals surface area contributed by atoms with Crippen LogP contribution in [-0.4, -0.2) is 21.7 Å². The molecule has 0 bridgehead atoms. The van der Waals surface area contributed by atoms with E-state index in [0.29, 0.717) is 10.4 Å². The molecule has 0 aliphatic carbocycles. The number of carbonyl (C=O) groups excluding carboxylic acids is 1. The second kappa shape index (κ2) is 7.10. The Morgan fingerprint density at radius 2 is 1.92 bits per heavy atom. The first kappa shape index (κ1) is 17.2. The van der Waals surface area contributed by atoms with Crippen LogP contribution < -0.4 is 10.7 Å². The zero-order valence-electron chi connectivity index (χ0n) is 13.7. The summed E-state index contributed by atoms with van der Waals surface area (Å²) in [5.74, 6) is -0.644. The van der Waals surface area contributed by atoms with Gasteiger partial charge in [-0.05, 0) is 54.0 Å². The van der Waals surface area contributed by atoms with E-state index in [4.69, 9.17) is 8.83 Å². The van der Waals surface area contributed by atoms with Crippen molar-refractivity contribution >= 4 is 27.5 Å². The number of halogens is 1. The standard InChI is InChI=1S/C17H16BrN3O4/c1-11(2)21(12-6-4-3-5-7-12)15(22)10-20-17(23)25-16(19-20)13-8-9-14(18)24-13/h3-9,11H,10H2,1-2H3. The summed E-state index contributed by atoms with van der Waals surface area (Å²) < 4.78 is 11.9. The van der Waals surface area contributed by atoms with E-state index in [1.54, 1.807) is 17.0 Å². The largest absolute Gasteiger partial charge is 0.444 e. The predicted octanol–water partition coefficient (Wildman–Crippen LogP) is 3.30. The van der Waals surface area contributed by atoms with Crippen molar-refractivity contribution in [2.75, 3.05) is 4.90 Å². The number of anilines is 1. The molecule has 0 saturated heterocycles. The summed E-state index contributed by atoms with van der Waals surface area (Å²) in [4.78, 5) is 26.3. The van der Waals surface area contributed by atoms with Crippen LogP contribution in [0.1, 0.15) is 13.8 Å². The van der Waals surface area contributed by atoms with E-state index in [9.17, 15) is 9.59 Å². The van der Waals surface area contributed by atoms with Crippen LogP contribution in [0.2, 0.25) is 0 Å². The van der Waals surface area contributed by atoms with Gasteiger partial charge in [-0.15, -0.1) is 5.10 Å². The Morgan fingerprint density at radius 3 is 2.52 bits per heavy atom. The van der Waals surface area contributed by atoms with Crippen LogP contribution >= 0.6 is 15.9 Å². The molecule has 2 aromatic heterocycles. The maximum atomic E-state index is 12.7. The summed E-state index contributed by atoms with van der Waals surface area (Å²) in [5, 5.41) is 4.04. The molecule has 130 valence electrons. The Labute approximate surface area is 152 Å². The van der Waals surface area contributed by atoms with E-state index < -0.39 is 5.76 Å². The maximum absolute atomic E-state index is 12.7. The average molecular weight is 406 g/mol. The lowest BCUT2D eigenvalue weighted by molar-refractivity contribution is -0.119. The summed E-state index contributed by atoms with van der Waals surface area (Å²) in [5.41, 5.74) is 0.759. The van der Waals surface area contributed by atoms with Gasteiger partial charge in [0.25, 0.3) is 5.89 Å². The Kier molecular flexibility index (Phi) is 4.89. The lowest BCUT2D eigenvalue weighted by Crippen LogP contribution is -2.40. The van der Waals surface area contributed by atoms with Crippen molar-refractivity contribution in [3.05, 3.63) is 57.7 Å². The molecule has 0 saturated carbocycles. The van der Waals surface area contributed by atoms with E-state index >= 15 is 0 Å². The Morgan fingerprint density at radius 1 is 1.20 bits per heavy atom. The molecule has 0 N–H and O–H groups in total. The molecule has 0 aliphatic rings. The fraction of sp³-hybridized carbons (Fsp3) is 0.235. The van der Waals surface area contributed by atoms with Gasteiger partial charge in [-0.2, -0.15) is 4.68 Å². The third-order valence-corrected chi connectivity index (χ3v) is 3.92. The Bertz CT molecular complexity index is 927. The first-order chi connectivity index (χ1) is 12.0. The fourth-order valence-electron chi connectivity index (χ4n) is 2.46. The SMILES string of the molecule is CC(C)N(C(=O)Cn1nc(-c2ccc(Br)o2)oc1=O)c1ccccc1. The highest BCUT2D eigenvalue weighted by Crippen LogP contribution is 2.22. The summed E-state index contributed by atoms with van der Waals surface area (Å²) in [6, 6.07) is 12.5. The van der Waals surface area contributed by atoms with Crippen molar-refractivity contribution in [1.82, 2.24) is 9.78 Å². The molecule has 3 rings (SSSR count). The molecule has 0 fully saturated rings. The third-order valence-electron chi connectivity index (χ3n) is 3.49. The minimum Gasteiger partial charge on any atom is -0.444 e. The molecule has 2 heterocycles. The van der Waals surface area contributed by atoms with Gasteiger partial charge < -0.3 is 13.7 Å². The van der Waals surface area contributed by atoms with Gasteiger partial charge in [0.05, 0.1) is 0 Å². The smallest absolute Gasteiger partial charge is 0.437 e. The highest BCUT2D eigenvalue weighted by molar-refractivity contribution is 9.10. The number of benzene rings is 1. The van der Waals surface area contributed by atoms with Gasteiger partial charge in [0.1, 0.15) is 6.54 Å². The quantitative estimate of drug-likeness (QED) is 0.650. The van der Waals surface area contributed by atoms with E-state index in [2.05, 4.69) is 21.0 Å². The van der Waals surface area contributed by atoms with Crippen molar-refractivity contribution in [2.45, 2.75) is 26.4 Å². The summed E-state index contributed by atoms with van der Waals surface area (Å²) in [6.07, 6.45) is 0. The van der Waals surface area contributed by atoms with Gasteiger partial charge in [-0.1, -0.05) is 18.2 Å². The number of carbonyl (C=O) groups is 1. The molecule has 8 heteroatoms. The fourth-order valence-corrected chi connectivity index (χ4v) is 2.76. The molecule has 0 aliphatic heterocycles. The maximum Gasteiger partial charge on any atom is 0.437 e. The lowest BCUT2D eigenvalue weighted by atomic mass is 10.2. The van der Waals surface area contributed by atoms with Gasteiger partial charge in [0.15, 0.2) is 10.4 Å². The Hall–Kier alpha value is -2.61. The van der Waals surface area contributed by atoms with Crippen LogP contribution in [0.3, 0.4) is 0 Å². The number of hydrogen-bond donors (Lipinski definition) is 0. The van der Waals surface area contributed by atoms with Crippen LogP contribution in [0.25, 0.3) is 11.7 Å². The molecule has 1 amide bonds. The van der Waals surface area contributed by atoms with Gasteiger partial charge in [0.2, 0.25) is 5.91 Å². The van der Waals surface area contributed by atoms with Gasteiger partial charge >= 0.3 is 5.76 Å². The molecular weight excluding hydrogens is 390 g/mol. The van der Waals surface area contributed by atoms with Gasteiger partial charge in [-0.3, -0.25) is 4.79 Å². The number of hydrogen-bond acceptors (Lipinski definition) is 5. The van der Waals surface area contributed by atoms with Gasteiger partial charge in [-0.25, -0.2) is 4.79 Å². The molecule has 1 aromatic carbocycles. The van der Waals surface area contributed by atoms with E-state index in [1.165, 1.54) is 0 Å². The number of aromatic nitrogens is 2. The topological polar surface area (TPSA) is 81.5 Å². The number of para-hydroxylation sites is 1. The van der Waals surface area contributed by atoms with Crippen molar-refractivity contribution < 1.29 is 13.6 Å². The van der Waals surface area contributed by atoms with E-state index in [0.717, 1.165) is 10.4 Å². The van der Waals surface area contributed by atoms with Crippen LogP contribution in [0, 0.1) is 0 Å². The second-order valence-electron chi connectivity index (χ2n) is 5.63. The minimum absolute atomic E-state index is 0.0271. The number of amides is 1. The van der Waals surface area contributed by atoms with Crippen molar-refractivity contribution in [2.24, 2.45) is 0 Å². The van der Waals surface area contributed by atoms with E-state index in [-0.39, 0.29) is 24.4 Å². The van der Waals surface area contributed by atoms with Crippen LogP contribution in [-0.2, 0) is 11.3 Å². The normalized spacial score (nSPS) is 11.0. The van der Waals surface area contributed by atoms with Crippen molar-refractivity contribution in [3.63, 3.8) is 0 Å². The molecule has 0 spiro atoms. The molecule has 3 aromatic rings. The lowest BCUT2D eigenvalue weighted by Gasteiger charge is -2.26. The van der Waals surface area contributed by atoms with Crippen LogP contribution in [0.5, 0.6) is 0 Å². The molecule has 0 radical (unpaired) electrons. The minimum atomic E-state index is -0.715.